The number of aromatic nitrogens is 2. The quantitative estimate of drug-likeness (QED) is 0.436. The molecule has 0 saturated carbocycles. The standard InChI is InChI=1S/C24H20N2O4/c1-28-21-14-13-18(15-22(21)29-2)20-16-23(25-26(20)19-11-7-4-8-12-19)30-24(27)17-9-5-3-6-10-17/h3-16H,1-2H3. The molecule has 0 aliphatic rings. The lowest BCUT2D eigenvalue weighted by atomic mass is 10.1. The highest BCUT2D eigenvalue weighted by Crippen LogP contribution is 2.34. The summed E-state index contributed by atoms with van der Waals surface area (Å²) in [6.45, 7) is 0. The number of hydrogen-bond donors (Lipinski definition) is 0. The van der Waals surface area contributed by atoms with E-state index < -0.39 is 5.97 Å². The van der Waals surface area contributed by atoms with Gasteiger partial charge in [-0.3, -0.25) is 0 Å². The fourth-order valence-corrected chi connectivity index (χ4v) is 3.10. The maximum atomic E-state index is 12.5. The van der Waals surface area contributed by atoms with Crippen molar-refractivity contribution in [3.63, 3.8) is 0 Å². The van der Waals surface area contributed by atoms with Gasteiger partial charge >= 0.3 is 5.97 Å². The Bertz CT molecular complexity index is 1150. The van der Waals surface area contributed by atoms with Crippen LogP contribution in [-0.2, 0) is 0 Å². The van der Waals surface area contributed by atoms with Gasteiger partial charge in [-0.2, -0.15) is 0 Å². The molecule has 0 aliphatic heterocycles. The van der Waals surface area contributed by atoms with E-state index in [0.717, 1.165) is 16.9 Å². The minimum atomic E-state index is -0.466. The number of para-hydroxylation sites is 1. The Morgan fingerprint density at radius 1 is 0.800 bits per heavy atom. The van der Waals surface area contributed by atoms with Crippen LogP contribution in [0.15, 0.2) is 84.9 Å². The van der Waals surface area contributed by atoms with Crippen LogP contribution in [0.1, 0.15) is 10.4 Å². The third-order valence-corrected chi connectivity index (χ3v) is 4.57. The van der Waals surface area contributed by atoms with E-state index >= 15 is 0 Å². The Balaban J connectivity index is 1.76. The van der Waals surface area contributed by atoms with Gasteiger partial charge in [-0.1, -0.05) is 36.4 Å². The fourth-order valence-electron chi connectivity index (χ4n) is 3.10. The predicted molar refractivity (Wildman–Crippen MR) is 114 cm³/mol. The van der Waals surface area contributed by atoms with E-state index in [1.54, 1.807) is 49.2 Å². The van der Waals surface area contributed by atoms with E-state index in [0.29, 0.717) is 17.1 Å². The van der Waals surface area contributed by atoms with Crippen molar-refractivity contribution in [2.24, 2.45) is 0 Å². The zero-order valence-corrected chi connectivity index (χ0v) is 16.6. The van der Waals surface area contributed by atoms with Crippen LogP contribution in [-0.4, -0.2) is 30.0 Å². The van der Waals surface area contributed by atoms with Crippen molar-refractivity contribution >= 4 is 5.97 Å². The van der Waals surface area contributed by atoms with E-state index in [1.165, 1.54) is 0 Å². The van der Waals surface area contributed by atoms with Gasteiger partial charge in [0.1, 0.15) is 0 Å². The molecule has 1 aromatic heterocycles. The highest BCUT2D eigenvalue weighted by molar-refractivity contribution is 5.90. The Hall–Kier alpha value is -4.06. The molecule has 0 unspecified atom stereocenters. The summed E-state index contributed by atoms with van der Waals surface area (Å²) >= 11 is 0. The molecule has 0 radical (unpaired) electrons. The summed E-state index contributed by atoms with van der Waals surface area (Å²) in [7, 11) is 3.18. The molecule has 0 spiro atoms. The van der Waals surface area contributed by atoms with Crippen molar-refractivity contribution in [3.8, 4) is 34.3 Å². The van der Waals surface area contributed by atoms with Crippen molar-refractivity contribution in [3.05, 3.63) is 90.5 Å². The summed E-state index contributed by atoms with van der Waals surface area (Å²) in [4.78, 5) is 12.5. The highest BCUT2D eigenvalue weighted by Gasteiger charge is 2.17. The van der Waals surface area contributed by atoms with Crippen molar-refractivity contribution in [1.82, 2.24) is 9.78 Å². The highest BCUT2D eigenvalue weighted by atomic mass is 16.5. The molecule has 6 nitrogen and oxygen atoms in total. The SMILES string of the molecule is COc1ccc(-c2cc(OC(=O)c3ccccc3)nn2-c2ccccc2)cc1OC. The number of carbonyl (C=O) groups is 1. The monoisotopic (exact) mass is 400 g/mol. The summed E-state index contributed by atoms with van der Waals surface area (Å²) in [5.41, 5.74) is 2.88. The molecule has 0 aliphatic carbocycles. The predicted octanol–water partition coefficient (Wildman–Crippen LogP) is 4.78. The van der Waals surface area contributed by atoms with Gasteiger partial charge in [0.15, 0.2) is 11.5 Å². The van der Waals surface area contributed by atoms with Crippen molar-refractivity contribution in [2.75, 3.05) is 14.2 Å². The molecule has 4 aromatic rings. The third kappa shape index (κ3) is 3.89. The van der Waals surface area contributed by atoms with Gasteiger partial charge < -0.3 is 14.2 Å². The van der Waals surface area contributed by atoms with Crippen LogP contribution in [0.4, 0.5) is 0 Å². The Kier molecular flexibility index (Phi) is 5.48. The van der Waals surface area contributed by atoms with Gasteiger partial charge in [-0.05, 0) is 42.5 Å². The second-order valence-corrected chi connectivity index (χ2v) is 6.44. The van der Waals surface area contributed by atoms with E-state index in [1.807, 2.05) is 54.6 Å². The molecule has 0 atom stereocenters. The fraction of sp³-hybridized carbons (Fsp3) is 0.0833. The van der Waals surface area contributed by atoms with Gasteiger partial charge in [0.25, 0.3) is 0 Å². The van der Waals surface area contributed by atoms with Gasteiger partial charge in [0, 0.05) is 11.6 Å². The normalized spacial score (nSPS) is 10.5. The van der Waals surface area contributed by atoms with E-state index in [2.05, 4.69) is 5.10 Å². The minimum Gasteiger partial charge on any atom is -0.493 e. The largest absolute Gasteiger partial charge is 0.493 e. The molecule has 0 amide bonds. The van der Waals surface area contributed by atoms with Crippen molar-refractivity contribution in [2.45, 2.75) is 0 Å². The van der Waals surface area contributed by atoms with Crippen molar-refractivity contribution in [1.29, 1.82) is 0 Å². The first-order valence-corrected chi connectivity index (χ1v) is 9.34. The van der Waals surface area contributed by atoms with E-state index in [-0.39, 0.29) is 5.88 Å². The number of rotatable bonds is 6. The lowest BCUT2D eigenvalue weighted by molar-refractivity contribution is 0.0727. The lowest BCUT2D eigenvalue weighted by Gasteiger charge is -2.11. The van der Waals surface area contributed by atoms with Crippen LogP contribution in [0.25, 0.3) is 16.9 Å². The zero-order valence-electron chi connectivity index (χ0n) is 16.6. The first-order valence-electron chi connectivity index (χ1n) is 9.34. The molecule has 0 saturated heterocycles. The molecule has 0 bridgehead atoms. The summed E-state index contributed by atoms with van der Waals surface area (Å²) in [6, 6.07) is 25.8. The summed E-state index contributed by atoms with van der Waals surface area (Å²) in [5.74, 6) is 0.964. The molecule has 6 heteroatoms. The second-order valence-electron chi connectivity index (χ2n) is 6.44. The van der Waals surface area contributed by atoms with Crippen LogP contribution in [0.5, 0.6) is 17.4 Å². The van der Waals surface area contributed by atoms with Gasteiger partial charge in [0.2, 0.25) is 5.88 Å². The molecule has 0 fully saturated rings. The molecular formula is C24H20N2O4. The minimum absolute atomic E-state index is 0.206. The number of carbonyl (C=O) groups excluding carboxylic acids is 1. The first-order chi connectivity index (χ1) is 14.7. The number of benzene rings is 3. The van der Waals surface area contributed by atoms with Crippen molar-refractivity contribution < 1.29 is 19.0 Å². The molecule has 4 rings (SSSR count). The lowest BCUT2D eigenvalue weighted by Crippen LogP contribution is -2.09. The van der Waals surface area contributed by atoms with E-state index in [9.17, 15) is 4.79 Å². The topological polar surface area (TPSA) is 62.6 Å². The molecule has 0 N–H and O–H groups in total. The molecule has 150 valence electrons. The van der Waals surface area contributed by atoms with Gasteiger partial charge in [-0.15, -0.1) is 5.10 Å². The average molecular weight is 400 g/mol. The number of nitrogens with zero attached hydrogens (tertiary/aromatic N) is 2. The average Bonchev–Trinajstić information content (AvgIpc) is 3.23. The van der Waals surface area contributed by atoms with Crippen LogP contribution in [0.3, 0.4) is 0 Å². The van der Waals surface area contributed by atoms with Gasteiger partial charge in [0.05, 0.1) is 31.2 Å². The van der Waals surface area contributed by atoms with E-state index in [4.69, 9.17) is 14.2 Å². The van der Waals surface area contributed by atoms with Crippen LogP contribution < -0.4 is 14.2 Å². The van der Waals surface area contributed by atoms with Crippen LogP contribution >= 0.6 is 0 Å². The first kappa shape index (κ1) is 19.3. The molecular weight excluding hydrogens is 380 g/mol. The van der Waals surface area contributed by atoms with Crippen LogP contribution in [0.2, 0.25) is 0 Å². The Morgan fingerprint density at radius 3 is 2.13 bits per heavy atom. The summed E-state index contributed by atoms with van der Waals surface area (Å²) in [6.07, 6.45) is 0. The zero-order chi connectivity index (χ0) is 20.9. The summed E-state index contributed by atoms with van der Waals surface area (Å²) < 4.78 is 18.0. The Morgan fingerprint density at radius 2 is 1.47 bits per heavy atom. The van der Waals surface area contributed by atoms with Gasteiger partial charge in [-0.25, -0.2) is 9.48 Å². The number of esters is 1. The second kappa shape index (κ2) is 8.53. The van der Waals surface area contributed by atoms with Crippen LogP contribution in [0, 0.1) is 0 Å². The third-order valence-electron chi connectivity index (χ3n) is 4.57. The Labute approximate surface area is 174 Å². The molecule has 30 heavy (non-hydrogen) atoms. The molecule has 3 aromatic carbocycles. The number of ether oxygens (including phenoxy) is 3. The number of methoxy groups -OCH3 is 2. The maximum Gasteiger partial charge on any atom is 0.344 e. The molecule has 1 heterocycles. The smallest absolute Gasteiger partial charge is 0.344 e. The summed E-state index contributed by atoms with van der Waals surface area (Å²) in [5, 5.41) is 4.52. The number of hydrogen-bond acceptors (Lipinski definition) is 5. The maximum absolute atomic E-state index is 12.5.